The van der Waals surface area contributed by atoms with Crippen molar-refractivity contribution in [2.45, 2.75) is 103 Å². The summed E-state index contributed by atoms with van der Waals surface area (Å²) in [6.07, 6.45) is 10.6. The maximum absolute atomic E-state index is 13.9. The lowest BCUT2D eigenvalue weighted by Gasteiger charge is -2.60. The fourth-order valence-corrected chi connectivity index (χ4v) is 9.83. The number of aliphatic hydroxyl groups is 1. The number of aliphatic hydroxyl groups excluding tert-OH is 1. The predicted octanol–water partition coefficient (Wildman–Crippen LogP) is 4.73. The minimum absolute atomic E-state index is 0.129. The van der Waals surface area contributed by atoms with Crippen molar-refractivity contribution < 1.29 is 19.4 Å². The smallest absolute Gasteiger partial charge is 0.171 e. The van der Waals surface area contributed by atoms with Crippen LogP contribution in [0, 0.1) is 46.3 Å². The molecule has 0 aromatic carbocycles. The summed E-state index contributed by atoms with van der Waals surface area (Å²) in [5, 5.41) is 10.3. The van der Waals surface area contributed by atoms with Gasteiger partial charge in [0.2, 0.25) is 0 Å². The first-order valence-corrected chi connectivity index (χ1v) is 12.8. The Balaban J connectivity index is 1.32. The molecule has 0 bridgehead atoms. The Labute approximate surface area is 181 Å². The third-order valence-electron chi connectivity index (χ3n) is 11.4. The number of ether oxygens (including phenoxy) is 2. The highest BCUT2D eigenvalue weighted by molar-refractivity contribution is 5.87. The van der Waals surface area contributed by atoms with Crippen LogP contribution in [0.25, 0.3) is 0 Å². The van der Waals surface area contributed by atoms with Crippen molar-refractivity contribution >= 4 is 5.78 Å². The van der Waals surface area contributed by atoms with Gasteiger partial charge in [-0.2, -0.15) is 0 Å². The second kappa shape index (κ2) is 6.54. The fourth-order valence-electron chi connectivity index (χ4n) is 9.83. The molecule has 1 N–H and O–H groups in total. The van der Waals surface area contributed by atoms with E-state index in [-0.39, 0.29) is 23.0 Å². The summed E-state index contributed by atoms with van der Waals surface area (Å²) in [6.45, 7) is 7.87. The number of carbonyl (C=O) groups excluding carboxylic acids is 1. The van der Waals surface area contributed by atoms with Gasteiger partial charge in [-0.15, -0.1) is 0 Å². The molecule has 2 heterocycles. The molecule has 0 aromatic heterocycles. The third kappa shape index (κ3) is 2.42. The van der Waals surface area contributed by atoms with Gasteiger partial charge < -0.3 is 14.6 Å². The summed E-state index contributed by atoms with van der Waals surface area (Å²) in [6, 6.07) is 0. The van der Waals surface area contributed by atoms with Crippen LogP contribution in [0.2, 0.25) is 0 Å². The van der Waals surface area contributed by atoms with E-state index in [1.54, 1.807) is 0 Å². The molecule has 4 aliphatic carbocycles. The van der Waals surface area contributed by atoms with E-state index in [1.807, 2.05) is 0 Å². The van der Waals surface area contributed by atoms with Crippen LogP contribution in [0.3, 0.4) is 0 Å². The molecule has 6 fully saturated rings. The molecule has 2 aliphatic heterocycles. The number of fused-ring (bicyclic) bond motifs is 7. The van der Waals surface area contributed by atoms with Gasteiger partial charge in [-0.3, -0.25) is 4.79 Å². The van der Waals surface area contributed by atoms with Crippen molar-refractivity contribution in [3.8, 4) is 0 Å². The second-order valence-electron chi connectivity index (χ2n) is 12.3. The Morgan fingerprint density at radius 3 is 2.63 bits per heavy atom. The van der Waals surface area contributed by atoms with Crippen LogP contribution < -0.4 is 0 Å². The minimum atomic E-state index is -0.429. The lowest BCUT2D eigenvalue weighted by Crippen LogP contribution is -2.58. The van der Waals surface area contributed by atoms with Crippen molar-refractivity contribution in [3.05, 3.63) is 0 Å². The highest BCUT2D eigenvalue weighted by Gasteiger charge is 2.71. The minimum Gasteiger partial charge on any atom is -0.393 e. The van der Waals surface area contributed by atoms with Gasteiger partial charge in [0.05, 0.1) is 18.8 Å². The molecule has 168 valence electrons. The number of hydrogen-bond acceptors (Lipinski definition) is 4. The summed E-state index contributed by atoms with van der Waals surface area (Å²) in [4.78, 5) is 13.9. The van der Waals surface area contributed by atoms with E-state index in [0.29, 0.717) is 41.3 Å². The number of Topliss-reactive ketones (excluding diaryl/α,β-unsaturated/α-hetero) is 1. The van der Waals surface area contributed by atoms with E-state index in [1.165, 1.54) is 19.3 Å². The first kappa shape index (κ1) is 20.2. The second-order valence-corrected chi connectivity index (χ2v) is 12.3. The van der Waals surface area contributed by atoms with E-state index in [9.17, 15) is 9.90 Å². The third-order valence-corrected chi connectivity index (χ3v) is 11.4. The lowest BCUT2D eigenvalue weighted by atomic mass is 9.44. The quantitative estimate of drug-likeness (QED) is 0.620. The number of hydrogen-bond donors (Lipinski definition) is 1. The molecule has 4 saturated carbocycles. The van der Waals surface area contributed by atoms with Crippen LogP contribution in [0.4, 0.5) is 0 Å². The average Bonchev–Trinajstić information content (AvgIpc) is 3.16. The summed E-state index contributed by atoms with van der Waals surface area (Å²) in [7, 11) is 0. The summed E-state index contributed by atoms with van der Waals surface area (Å²) < 4.78 is 13.0. The largest absolute Gasteiger partial charge is 0.393 e. The van der Waals surface area contributed by atoms with Crippen LogP contribution in [-0.2, 0) is 14.3 Å². The maximum atomic E-state index is 13.9. The first-order valence-electron chi connectivity index (χ1n) is 12.8. The van der Waals surface area contributed by atoms with E-state index in [4.69, 9.17) is 9.47 Å². The predicted molar refractivity (Wildman–Crippen MR) is 114 cm³/mol. The Hall–Kier alpha value is -0.450. The summed E-state index contributed by atoms with van der Waals surface area (Å²) >= 11 is 0. The zero-order valence-electron chi connectivity index (χ0n) is 19.1. The molecule has 11 atom stereocenters. The molecule has 6 aliphatic rings. The van der Waals surface area contributed by atoms with E-state index < -0.39 is 5.79 Å². The molecular weight excluding hydrogens is 376 g/mol. The van der Waals surface area contributed by atoms with Crippen molar-refractivity contribution in [2.75, 3.05) is 6.61 Å². The Morgan fingerprint density at radius 2 is 1.87 bits per heavy atom. The molecule has 4 nitrogen and oxygen atoms in total. The van der Waals surface area contributed by atoms with E-state index >= 15 is 0 Å². The highest BCUT2D eigenvalue weighted by Crippen LogP contribution is 2.70. The van der Waals surface area contributed by atoms with Gasteiger partial charge >= 0.3 is 0 Å². The average molecular weight is 417 g/mol. The molecule has 0 amide bonds. The Morgan fingerprint density at radius 1 is 1.03 bits per heavy atom. The van der Waals surface area contributed by atoms with Crippen molar-refractivity contribution in [1.29, 1.82) is 0 Å². The standard InChI is InChI=1S/C26H40O4/c1-15-23-21(30-26(15)9-4-5-11-29-26)13-20-18-7-6-16-12-17(27)8-10-24(16,2)19(18)14-22(28)25(20,23)3/h15-21,23,27H,4-14H2,1-3H3/t15-,16?,17-,18?,19?,20?,21?,23?,24-,25+,26+/m0/s1. The molecule has 4 heteroatoms. The molecule has 6 rings (SSSR count). The molecule has 1 spiro atoms. The number of ketones is 1. The van der Waals surface area contributed by atoms with Gasteiger partial charge in [0.25, 0.3) is 0 Å². The van der Waals surface area contributed by atoms with Crippen LogP contribution in [0.15, 0.2) is 0 Å². The molecular formula is C26H40O4. The molecule has 6 unspecified atom stereocenters. The zero-order valence-corrected chi connectivity index (χ0v) is 19.1. The molecule has 2 saturated heterocycles. The lowest BCUT2D eigenvalue weighted by molar-refractivity contribution is -0.264. The Kier molecular flexibility index (Phi) is 4.40. The van der Waals surface area contributed by atoms with E-state index in [2.05, 4.69) is 20.8 Å². The normalized spacial score (nSPS) is 60.1. The summed E-state index contributed by atoms with van der Waals surface area (Å²) in [5.41, 5.74) is -0.00997. The van der Waals surface area contributed by atoms with Crippen LogP contribution in [0.1, 0.15) is 85.0 Å². The van der Waals surface area contributed by atoms with E-state index in [0.717, 1.165) is 51.6 Å². The van der Waals surface area contributed by atoms with Gasteiger partial charge in [-0.25, -0.2) is 0 Å². The molecule has 0 radical (unpaired) electrons. The van der Waals surface area contributed by atoms with Crippen LogP contribution in [-0.4, -0.2) is 35.5 Å². The fraction of sp³-hybridized carbons (Fsp3) is 0.962. The van der Waals surface area contributed by atoms with Gasteiger partial charge in [0, 0.05) is 30.1 Å². The van der Waals surface area contributed by atoms with Gasteiger partial charge in [0.15, 0.2) is 5.79 Å². The van der Waals surface area contributed by atoms with Gasteiger partial charge in [-0.1, -0.05) is 20.8 Å². The summed E-state index contributed by atoms with van der Waals surface area (Å²) in [5.74, 6) is 2.90. The van der Waals surface area contributed by atoms with Gasteiger partial charge in [-0.05, 0) is 80.5 Å². The van der Waals surface area contributed by atoms with Crippen molar-refractivity contribution in [2.24, 2.45) is 46.3 Å². The van der Waals surface area contributed by atoms with Crippen LogP contribution in [0.5, 0.6) is 0 Å². The monoisotopic (exact) mass is 416 g/mol. The van der Waals surface area contributed by atoms with Crippen LogP contribution >= 0.6 is 0 Å². The maximum Gasteiger partial charge on any atom is 0.171 e. The molecule has 30 heavy (non-hydrogen) atoms. The first-order chi connectivity index (χ1) is 14.3. The highest BCUT2D eigenvalue weighted by atomic mass is 16.7. The Bertz CT molecular complexity index is 729. The van der Waals surface area contributed by atoms with Crippen molar-refractivity contribution in [3.63, 3.8) is 0 Å². The number of rotatable bonds is 0. The van der Waals surface area contributed by atoms with Crippen molar-refractivity contribution in [1.82, 2.24) is 0 Å². The number of carbonyl (C=O) groups is 1. The molecule has 0 aromatic rings. The topological polar surface area (TPSA) is 55.8 Å². The van der Waals surface area contributed by atoms with Gasteiger partial charge in [0.1, 0.15) is 5.78 Å². The SMILES string of the molecule is C[C@H]1C2C(CC3C4CCC5C[C@@H](O)CC[C@]5(C)C4CC(=O)[C@@]32C)O[C@]12CCCCO2. The zero-order chi connectivity index (χ0) is 20.9.